The molecule has 86 valence electrons. The van der Waals surface area contributed by atoms with Crippen LogP contribution in [0.3, 0.4) is 0 Å². The van der Waals surface area contributed by atoms with E-state index >= 15 is 0 Å². The predicted molar refractivity (Wildman–Crippen MR) is 70.5 cm³/mol. The van der Waals surface area contributed by atoms with Gasteiger partial charge in [-0.05, 0) is 30.3 Å². The van der Waals surface area contributed by atoms with Crippen LogP contribution in [-0.2, 0) is 0 Å². The number of benzene rings is 1. The van der Waals surface area contributed by atoms with Crippen molar-refractivity contribution in [1.29, 1.82) is 0 Å². The Hall–Kier alpha value is -1.87. The van der Waals surface area contributed by atoms with Crippen LogP contribution in [0.1, 0.15) is 5.56 Å². The fraction of sp³-hybridized carbons (Fsp3) is 0.0769. The first-order valence-electron chi connectivity index (χ1n) is 5.25. The number of halogens is 1. The van der Waals surface area contributed by atoms with Gasteiger partial charge in [0.2, 0.25) is 0 Å². The molecule has 1 heterocycles. The molecule has 0 bridgehead atoms. The van der Waals surface area contributed by atoms with Crippen LogP contribution < -0.4 is 10.3 Å². The van der Waals surface area contributed by atoms with Gasteiger partial charge in [-0.25, -0.2) is 4.98 Å². The van der Waals surface area contributed by atoms with E-state index in [0.29, 0.717) is 0 Å². The van der Waals surface area contributed by atoms with Crippen molar-refractivity contribution in [1.82, 2.24) is 0 Å². The van der Waals surface area contributed by atoms with Gasteiger partial charge in [0.05, 0.1) is 5.56 Å². The van der Waals surface area contributed by atoms with Crippen molar-refractivity contribution in [3.05, 3.63) is 59.4 Å². The fourth-order valence-corrected chi connectivity index (χ4v) is 1.59. The Morgan fingerprint density at radius 2 is 2.00 bits per heavy atom. The molecule has 0 saturated carbocycles. The number of amidine groups is 1. The summed E-state index contributed by atoms with van der Waals surface area (Å²) in [4.78, 5) is 7.26. The summed E-state index contributed by atoms with van der Waals surface area (Å²) in [6.07, 6.45) is 3.75. The summed E-state index contributed by atoms with van der Waals surface area (Å²) in [5.74, 6) is 0.809. The largest absolute Gasteiger partial charge is 0.340 e. The van der Waals surface area contributed by atoms with Crippen LogP contribution in [0.4, 0.5) is 5.69 Å². The third kappa shape index (κ3) is 3.04. The summed E-state index contributed by atoms with van der Waals surface area (Å²) in [7, 11) is 1.76. The number of pyridine rings is 1. The van der Waals surface area contributed by atoms with Gasteiger partial charge in [0.15, 0.2) is 12.4 Å². The van der Waals surface area contributed by atoms with E-state index in [-0.39, 0.29) is 0 Å². The Bertz CT molecular complexity index is 506. The van der Waals surface area contributed by atoms with Gasteiger partial charge in [0.25, 0.3) is 0 Å². The van der Waals surface area contributed by atoms with E-state index in [2.05, 4.69) is 15.3 Å². The van der Waals surface area contributed by atoms with Gasteiger partial charge in [0.1, 0.15) is 5.84 Å². The summed E-state index contributed by atoms with van der Waals surface area (Å²) in [6.45, 7) is 0. The molecule has 17 heavy (non-hydrogen) atoms. The first-order valence-corrected chi connectivity index (χ1v) is 5.63. The minimum atomic E-state index is 0.721. The predicted octanol–water partition coefficient (Wildman–Crippen LogP) is 2.64. The second kappa shape index (κ2) is 5.46. The summed E-state index contributed by atoms with van der Waals surface area (Å²) < 4.78 is 0. The summed E-state index contributed by atoms with van der Waals surface area (Å²) in [5.41, 5.74) is 1.96. The Morgan fingerprint density at radius 1 is 1.24 bits per heavy atom. The van der Waals surface area contributed by atoms with E-state index in [9.17, 15) is 0 Å². The van der Waals surface area contributed by atoms with Crippen molar-refractivity contribution in [3.63, 3.8) is 0 Å². The van der Waals surface area contributed by atoms with E-state index in [1.54, 1.807) is 7.05 Å². The minimum absolute atomic E-state index is 0.721. The number of hydrogen-bond acceptors (Lipinski definition) is 1. The Labute approximate surface area is 105 Å². The summed E-state index contributed by atoms with van der Waals surface area (Å²) in [5, 5.41) is 3.96. The van der Waals surface area contributed by atoms with Gasteiger partial charge in [-0.1, -0.05) is 11.6 Å². The zero-order chi connectivity index (χ0) is 12.1. The van der Waals surface area contributed by atoms with E-state index in [1.807, 2.05) is 48.8 Å². The van der Waals surface area contributed by atoms with Gasteiger partial charge in [-0.15, -0.1) is 0 Å². The van der Waals surface area contributed by atoms with E-state index < -0.39 is 0 Å². The molecule has 0 radical (unpaired) electrons. The van der Waals surface area contributed by atoms with E-state index in [0.717, 1.165) is 22.1 Å². The lowest BCUT2D eigenvalue weighted by molar-refractivity contribution is -0.378. The molecule has 2 rings (SSSR count). The van der Waals surface area contributed by atoms with Crippen molar-refractivity contribution in [2.75, 3.05) is 12.4 Å². The molecule has 1 aromatic carbocycles. The van der Waals surface area contributed by atoms with Crippen molar-refractivity contribution in [2.45, 2.75) is 0 Å². The van der Waals surface area contributed by atoms with E-state index in [1.165, 1.54) is 0 Å². The number of aromatic nitrogens is 1. The molecule has 4 heteroatoms. The van der Waals surface area contributed by atoms with Crippen molar-refractivity contribution in [3.8, 4) is 0 Å². The molecule has 0 amide bonds. The number of rotatable bonds is 2. The minimum Gasteiger partial charge on any atom is -0.340 e. The van der Waals surface area contributed by atoms with Crippen LogP contribution in [0.2, 0.25) is 5.02 Å². The number of aliphatic imine (C=N–C) groups is 1. The number of nitrogens with one attached hydrogen (secondary N) is 2. The lowest BCUT2D eigenvalue weighted by Crippen LogP contribution is -2.16. The summed E-state index contributed by atoms with van der Waals surface area (Å²) >= 11 is 5.84. The molecule has 2 N–H and O–H groups in total. The molecule has 0 spiro atoms. The van der Waals surface area contributed by atoms with Crippen molar-refractivity contribution in [2.24, 2.45) is 4.99 Å². The zero-order valence-corrected chi connectivity index (χ0v) is 10.2. The molecule has 0 fully saturated rings. The first kappa shape index (κ1) is 11.6. The van der Waals surface area contributed by atoms with Crippen molar-refractivity contribution < 1.29 is 4.98 Å². The number of H-pyrrole nitrogens is 1. The van der Waals surface area contributed by atoms with Crippen LogP contribution in [-0.4, -0.2) is 12.9 Å². The van der Waals surface area contributed by atoms with Gasteiger partial charge in [-0.3, -0.25) is 4.99 Å². The second-order valence-corrected chi connectivity index (χ2v) is 3.93. The molecule has 0 aliphatic heterocycles. The lowest BCUT2D eigenvalue weighted by Gasteiger charge is -2.07. The van der Waals surface area contributed by atoms with Gasteiger partial charge in [0, 0.05) is 23.8 Å². The average Bonchev–Trinajstić information content (AvgIpc) is 2.39. The second-order valence-electron chi connectivity index (χ2n) is 3.50. The average molecular weight is 247 g/mol. The molecular formula is C13H13ClN3+. The molecule has 0 saturated heterocycles. The molecule has 0 unspecified atom stereocenters. The van der Waals surface area contributed by atoms with Gasteiger partial charge < -0.3 is 5.32 Å². The maximum Gasteiger partial charge on any atom is 0.178 e. The van der Waals surface area contributed by atoms with E-state index in [4.69, 9.17) is 11.6 Å². The highest BCUT2D eigenvalue weighted by Crippen LogP contribution is 2.14. The Balaban J connectivity index is 2.19. The van der Waals surface area contributed by atoms with Gasteiger partial charge >= 0.3 is 0 Å². The number of nitrogens with zero attached hydrogens (tertiary/aromatic N) is 1. The maximum absolute atomic E-state index is 5.84. The fourth-order valence-electron chi connectivity index (χ4n) is 1.47. The molecule has 0 aliphatic rings. The molecule has 2 aromatic rings. The first-order chi connectivity index (χ1) is 8.29. The molecule has 3 nitrogen and oxygen atoms in total. The SMILES string of the molecule is CN=C(Nc1ccc(Cl)cc1)c1ccc[nH+]c1. The zero-order valence-electron chi connectivity index (χ0n) is 9.44. The topological polar surface area (TPSA) is 38.5 Å². The molecular weight excluding hydrogens is 234 g/mol. The molecule has 0 atom stereocenters. The third-order valence-electron chi connectivity index (χ3n) is 2.31. The van der Waals surface area contributed by atoms with Crippen LogP contribution in [0.25, 0.3) is 0 Å². The standard InChI is InChI=1S/C13H12ClN3/c1-15-13(10-3-2-8-16-9-10)17-12-6-4-11(14)5-7-12/h2-9H,1H3,(H,15,17)/p+1. The quantitative estimate of drug-likeness (QED) is 0.642. The highest BCUT2D eigenvalue weighted by atomic mass is 35.5. The lowest BCUT2D eigenvalue weighted by atomic mass is 10.2. The smallest absolute Gasteiger partial charge is 0.178 e. The highest BCUT2D eigenvalue weighted by Gasteiger charge is 2.04. The van der Waals surface area contributed by atoms with Gasteiger partial charge in [-0.2, -0.15) is 0 Å². The maximum atomic E-state index is 5.84. The Kier molecular flexibility index (Phi) is 3.73. The van der Waals surface area contributed by atoms with Crippen molar-refractivity contribution >= 4 is 23.1 Å². The monoisotopic (exact) mass is 246 g/mol. The molecule has 1 aromatic heterocycles. The van der Waals surface area contributed by atoms with Crippen LogP contribution in [0.15, 0.2) is 53.8 Å². The van der Waals surface area contributed by atoms with Crippen LogP contribution in [0.5, 0.6) is 0 Å². The highest BCUT2D eigenvalue weighted by molar-refractivity contribution is 6.30. The Morgan fingerprint density at radius 3 is 2.59 bits per heavy atom. The number of aromatic amines is 1. The normalized spacial score (nSPS) is 11.3. The van der Waals surface area contributed by atoms with Crippen LogP contribution >= 0.6 is 11.6 Å². The number of anilines is 1. The number of hydrogen-bond donors (Lipinski definition) is 1. The summed E-state index contributed by atoms with van der Waals surface area (Å²) in [6, 6.07) is 11.4. The molecule has 0 aliphatic carbocycles. The third-order valence-corrected chi connectivity index (χ3v) is 2.56. The van der Waals surface area contributed by atoms with Crippen LogP contribution in [0, 0.1) is 0 Å².